The maximum absolute atomic E-state index is 12.7. The zero-order valence-electron chi connectivity index (χ0n) is 16.1. The van der Waals surface area contributed by atoms with Crippen LogP contribution >= 0.6 is 11.8 Å². The van der Waals surface area contributed by atoms with Gasteiger partial charge in [0.25, 0.3) is 0 Å². The molecule has 7 heteroatoms. The number of aryl methyl sites for hydroxylation is 1. The molecule has 0 fully saturated rings. The summed E-state index contributed by atoms with van der Waals surface area (Å²) in [5.41, 5.74) is 4.02. The molecule has 2 amide bonds. The second-order valence-electron chi connectivity index (χ2n) is 6.76. The lowest BCUT2D eigenvalue weighted by Gasteiger charge is -2.21. The van der Waals surface area contributed by atoms with Crippen molar-refractivity contribution >= 4 is 29.4 Å². The van der Waals surface area contributed by atoms with Gasteiger partial charge in [0.05, 0.1) is 11.4 Å². The minimum absolute atomic E-state index is 0.477. The van der Waals surface area contributed by atoms with E-state index in [0.29, 0.717) is 18.9 Å². The van der Waals surface area contributed by atoms with E-state index in [1.54, 1.807) is 21.3 Å². The summed E-state index contributed by atoms with van der Waals surface area (Å²) in [6, 6.07) is 7.97. The van der Waals surface area contributed by atoms with E-state index in [1.807, 2.05) is 45.0 Å². The molecule has 0 radical (unpaired) electrons. The van der Waals surface area contributed by atoms with E-state index >= 15 is 0 Å². The Kier molecular flexibility index (Phi) is 6.21. The Balaban J connectivity index is 1.88. The van der Waals surface area contributed by atoms with Crippen molar-refractivity contribution in [3.05, 3.63) is 41.1 Å². The first-order chi connectivity index (χ1) is 13.0. The van der Waals surface area contributed by atoms with Gasteiger partial charge in [-0.1, -0.05) is 31.5 Å². The molecule has 3 rings (SSSR count). The van der Waals surface area contributed by atoms with Gasteiger partial charge in [-0.2, -0.15) is 16.9 Å². The van der Waals surface area contributed by atoms with Crippen molar-refractivity contribution in [1.82, 2.24) is 14.7 Å². The number of benzene rings is 1. The first kappa shape index (κ1) is 19.5. The number of hydrogen-bond acceptors (Lipinski definition) is 4. The van der Waals surface area contributed by atoms with Crippen LogP contribution in [0.3, 0.4) is 0 Å². The number of carbonyl (C=O) groups is 2. The van der Waals surface area contributed by atoms with E-state index in [-0.39, 0.29) is 0 Å². The third kappa shape index (κ3) is 4.18. The molecule has 0 saturated heterocycles. The Bertz CT molecular complexity index is 823. The minimum atomic E-state index is -0.593. The van der Waals surface area contributed by atoms with Gasteiger partial charge in [-0.15, -0.1) is 0 Å². The molecule has 1 aliphatic heterocycles. The molecule has 0 atom stereocenters. The summed E-state index contributed by atoms with van der Waals surface area (Å²) in [5, 5.41) is 7.53. The molecule has 1 aromatic heterocycles. The number of thioether (sulfide) groups is 1. The van der Waals surface area contributed by atoms with E-state index < -0.39 is 11.8 Å². The Morgan fingerprint density at radius 1 is 1.15 bits per heavy atom. The first-order valence-corrected chi connectivity index (χ1v) is 10.6. The van der Waals surface area contributed by atoms with E-state index in [4.69, 9.17) is 0 Å². The molecule has 1 aliphatic rings. The minimum Gasteiger partial charge on any atom is -0.334 e. The van der Waals surface area contributed by atoms with Crippen LogP contribution in [0.5, 0.6) is 0 Å². The number of hydrogen-bond donors (Lipinski definition) is 1. The van der Waals surface area contributed by atoms with Crippen LogP contribution in [0.1, 0.15) is 43.5 Å². The third-order valence-electron chi connectivity index (χ3n) is 4.53. The van der Waals surface area contributed by atoms with Crippen molar-refractivity contribution in [2.75, 3.05) is 18.4 Å². The number of nitrogens with zero attached hydrogens (tertiary/aromatic N) is 3. The summed E-state index contributed by atoms with van der Waals surface area (Å²) in [7, 11) is 0. The highest BCUT2D eigenvalue weighted by atomic mass is 32.2. The molecule has 0 aliphatic carbocycles. The summed E-state index contributed by atoms with van der Waals surface area (Å²) in [6.07, 6.45) is 1.65. The van der Waals surface area contributed by atoms with Crippen LogP contribution in [-0.2, 0) is 21.1 Å². The van der Waals surface area contributed by atoms with Crippen molar-refractivity contribution in [3.63, 3.8) is 0 Å². The quantitative estimate of drug-likeness (QED) is 0.772. The molecule has 0 bridgehead atoms. The molecule has 0 unspecified atom stereocenters. The third-order valence-corrected chi connectivity index (χ3v) is 5.50. The molecule has 0 saturated carbocycles. The van der Waals surface area contributed by atoms with Gasteiger partial charge < -0.3 is 10.2 Å². The molecular formula is C20H26N4O2S. The van der Waals surface area contributed by atoms with E-state index in [2.05, 4.69) is 10.4 Å². The second-order valence-corrected chi connectivity index (χ2v) is 7.75. The van der Waals surface area contributed by atoms with Gasteiger partial charge in [0, 0.05) is 30.2 Å². The summed E-state index contributed by atoms with van der Waals surface area (Å²) >= 11 is 1.77. The molecule has 1 N–H and O–H groups in total. The SMILES string of the molecule is CCCN(CCC)C(=O)C(=O)Nc1c2c(nn1-c1ccc(C)cc1)CSC2. The van der Waals surface area contributed by atoms with Gasteiger partial charge in [0.15, 0.2) is 0 Å². The molecular weight excluding hydrogens is 360 g/mol. The van der Waals surface area contributed by atoms with Gasteiger partial charge in [-0.05, 0) is 31.9 Å². The monoisotopic (exact) mass is 386 g/mol. The van der Waals surface area contributed by atoms with Gasteiger partial charge in [-0.25, -0.2) is 4.68 Å². The Morgan fingerprint density at radius 3 is 2.44 bits per heavy atom. The number of amides is 2. The zero-order chi connectivity index (χ0) is 19.4. The normalized spacial score (nSPS) is 12.7. The Hall–Kier alpha value is -2.28. The largest absolute Gasteiger partial charge is 0.334 e. The van der Waals surface area contributed by atoms with Crippen molar-refractivity contribution in [1.29, 1.82) is 0 Å². The summed E-state index contributed by atoms with van der Waals surface area (Å²) in [4.78, 5) is 26.9. The Labute approximate surface area is 164 Å². The average molecular weight is 387 g/mol. The summed E-state index contributed by atoms with van der Waals surface area (Å²) < 4.78 is 1.75. The van der Waals surface area contributed by atoms with Crippen LogP contribution in [0.25, 0.3) is 5.69 Å². The Morgan fingerprint density at radius 2 is 1.81 bits per heavy atom. The molecule has 144 valence electrons. The van der Waals surface area contributed by atoms with Crippen molar-refractivity contribution < 1.29 is 9.59 Å². The van der Waals surface area contributed by atoms with Gasteiger partial charge in [0.2, 0.25) is 0 Å². The van der Waals surface area contributed by atoms with Crippen LogP contribution in [0, 0.1) is 6.92 Å². The van der Waals surface area contributed by atoms with Gasteiger partial charge in [0.1, 0.15) is 5.82 Å². The number of anilines is 1. The number of aromatic nitrogens is 2. The van der Waals surface area contributed by atoms with Crippen molar-refractivity contribution in [3.8, 4) is 5.69 Å². The molecule has 6 nitrogen and oxygen atoms in total. The maximum atomic E-state index is 12.7. The lowest BCUT2D eigenvalue weighted by Crippen LogP contribution is -2.41. The highest BCUT2D eigenvalue weighted by Gasteiger charge is 2.28. The highest BCUT2D eigenvalue weighted by Crippen LogP contribution is 2.36. The fourth-order valence-electron chi connectivity index (χ4n) is 3.17. The molecule has 1 aromatic carbocycles. The van der Waals surface area contributed by atoms with Crippen LogP contribution in [0.15, 0.2) is 24.3 Å². The number of rotatable bonds is 6. The topological polar surface area (TPSA) is 67.2 Å². The van der Waals surface area contributed by atoms with Crippen molar-refractivity contribution in [2.24, 2.45) is 0 Å². The van der Waals surface area contributed by atoms with Crippen LogP contribution in [-0.4, -0.2) is 39.6 Å². The molecule has 2 heterocycles. The zero-order valence-corrected chi connectivity index (χ0v) is 16.9. The summed E-state index contributed by atoms with van der Waals surface area (Å²) in [5.74, 6) is 1.16. The average Bonchev–Trinajstić information content (AvgIpc) is 3.24. The molecule has 27 heavy (non-hydrogen) atoms. The second kappa shape index (κ2) is 8.61. The smallest absolute Gasteiger partial charge is 0.315 e. The lowest BCUT2D eigenvalue weighted by molar-refractivity contribution is -0.143. The molecule has 2 aromatic rings. The van der Waals surface area contributed by atoms with Crippen LogP contribution in [0.2, 0.25) is 0 Å². The summed E-state index contributed by atoms with van der Waals surface area (Å²) in [6.45, 7) is 7.21. The number of nitrogens with one attached hydrogen (secondary N) is 1. The first-order valence-electron chi connectivity index (χ1n) is 9.41. The molecule has 0 spiro atoms. The van der Waals surface area contributed by atoms with Crippen LogP contribution in [0.4, 0.5) is 5.82 Å². The van der Waals surface area contributed by atoms with Crippen molar-refractivity contribution in [2.45, 2.75) is 45.1 Å². The maximum Gasteiger partial charge on any atom is 0.315 e. The lowest BCUT2D eigenvalue weighted by atomic mass is 10.2. The number of fused-ring (bicyclic) bond motifs is 1. The van der Waals surface area contributed by atoms with E-state index in [9.17, 15) is 9.59 Å². The van der Waals surface area contributed by atoms with Gasteiger partial charge in [-0.3, -0.25) is 9.59 Å². The fourth-order valence-corrected chi connectivity index (χ4v) is 4.21. The standard InChI is InChI=1S/C20H26N4O2S/c1-4-10-23(11-5-2)20(26)19(25)21-18-16-12-27-13-17(16)22-24(18)15-8-6-14(3)7-9-15/h6-9H,4-5,10-13H2,1-3H3,(H,21,25). The highest BCUT2D eigenvalue weighted by molar-refractivity contribution is 7.98. The van der Waals surface area contributed by atoms with Gasteiger partial charge >= 0.3 is 11.8 Å². The fraction of sp³-hybridized carbons (Fsp3) is 0.450. The number of carbonyl (C=O) groups excluding carboxylic acids is 2. The van der Waals surface area contributed by atoms with E-state index in [1.165, 1.54) is 0 Å². The van der Waals surface area contributed by atoms with E-state index in [0.717, 1.165) is 46.9 Å². The van der Waals surface area contributed by atoms with Crippen LogP contribution < -0.4 is 5.32 Å². The predicted octanol–water partition coefficient (Wildman–Crippen LogP) is 3.51. The predicted molar refractivity (Wildman–Crippen MR) is 109 cm³/mol.